The van der Waals surface area contributed by atoms with Gasteiger partial charge in [-0.25, -0.2) is 4.39 Å². The monoisotopic (exact) mass is 300 g/mol. The quantitative estimate of drug-likeness (QED) is 0.565. The summed E-state index contributed by atoms with van der Waals surface area (Å²) in [6.07, 6.45) is -5.82. The number of hydrogen-bond acceptors (Lipinski definition) is 1. The summed E-state index contributed by atoms with van der Waals surface area (Å²) in [5.41, 5.74) is -3.07. The molecule has 1 atom stereocenters. The lowest BCUT2D eigenvalue weighted by atomic mass is 9.81. The predicted molar refractivity (Wildman–Crippen MR) is 44.1 cm³/mol. The van der Waals surface area contributed by atoms with Gasteiger partial charge in [0.1, 0.15) is 5.57 Å². The molecule has 0 N–H and O–H groups in total. The minimum absolute atomic E-state index is 0.622. The smallest absolute Gasteiger partial charge is 0.333 e. The zero-order chi connectivity index (χ0) is 15.3. The Morgan fingerprint density at radius 2 is 1.58 bits per heavy atom. The molecule has 1 unspecified atom stereocenters. The van der Waals surface area contributed by atoms with Gasteiger partial charge in [-0.2, -0.15) is 35.1 Å². The molecule has 0 radical (unpaired) electrons. The Labute approximate surface area is 99.9 Å². The van der Waals surface area contributed by atoms with Crippen LogP contribution in [-0.2, 0) is 4.74 Å². The van der Waals surface area contributed by atoms with Gasteiger partial charge < -0.3 is 4.74 Å². The van der Waals surface area contributed by atoms with Gasteiger partial charge in [0.05, 0.1) is 6.61 Å². The maximum absolute atomic E-state index is 13.5. The molecule has 1 aliphatic rings. The number of hydrogen-bond donors (Lipinski definition) is 0. The minimum Gasteiger partial charge on any atom is -0.333 e. The van der Waals surface area contributed by atoms with E-state index in [1.54, 1.807) is 0 Å². The third-order valence-corrected chi connectivity index (χ3v) is 2.29. The van der Waals surface area contributed by atoms with E-state index in [2.05, 4.69) is 11.3 Å². The predicted octanol–water partition coefficient (Wildman–Crippen LogP) is 3.92. The van der Waals surface area contributed by atoms with E-state index < -0.39 is 41.9 Å². The highest BCUT2D eigenvalue weighted by atomic mass is 19.4. The largest absolute Gasteiger partial charge is 0.458 e. The first-order valence-corrected chi connectivity index (χ1v) is 4.51. The van der Waals surface area contributed by atoms with Crippen molar-refractivity contribution in [3.05, 3.63) is 24.1 Å². The second kappa shape index (κ2) is 4.15. The lowest BCUT2D eigenvalue weighted by molar-refractivity contribution is -0.325. The zero-order valence-corrected chi connectivity index (χ0v) is 8.80. The summed E-state index contributed by atoms with van der Waals surface area (Å²) in [5.74, 6) is -19.4. The van der Waals surface area contributed by atoms with Crippen molar-refractivity contribution in [3.63, 3.8) is 0 Å². The van der Waals surface area contributed by atoms with Crippen LogP contribution in [0.5, 0.6) is 0 Å². The van der Waals surface area contributed by atoms with Crippen molar-refractivity contribution < 1.29 is 44.3 Å². The zero-order valence-electron chi connectivity index (χ0n) is 8.80. The first-order chi connectivity index (χ1) is 8.34. The van der Waals surface area contributed by atoms with Crippen molar-refractivity contribution in [2.45, 2.75) is 23.9 Å². The highest BCUT2D eigenvalue weighted by Crippen LogP contribution is 2.62. The van der Waals surface area contributed by atoms with Crippen LogP contribution in [-0.4, -0.2) is 30.5 Å². The minimum atomic E-state index is -6.44. The van der Waals surface area contributed by atoms with Crippen molar-refractivity contribution in [2.24, 2.45) is 0 Å². The molecule has 0 aromatic heterocycles. The molecule has 0 amide bonds. The molecule has 1 aliphatic carbocycles. The fourth-order valence-corrected chi connectivity index (χ4v) is 1.35. The van der Waals surface area contributed by atoms with Crippen molar-refractivity contribution in [3.8, 4) is 0 Å². The molecule has 19 heavy (non-hydrogen) atoms. The summed E-state index contributed by atoms with van der Waals surface area (Å²) in [7, 11) is 0. The third-order valence-electron chi connectivity index (χ3n) is 2.29. The van der Waals surface area contributed by atoms with Crippen LogP contribution in [0, 0.1) is 0 Å². The third kappa shape index (κ3) is 1.92. The van der Waals surface area contributed by atoms with Gasteiger partial charge in [0.2, 0.25) is 0 Å². The van der Waals surface area contributed by atoms with Gasteiger partial charge in [0.25, 0.3) is 0 Å². The lowest BCUT2D eigenvalue weighted by Gasteiger charge is -2.44. The second-order valence-electron chi connectivity index (χ2n) is 3.53. The number of alkyl halides is 8. The highest BCUT2D eigenvalue weighted by molar-refractivity contribution is 5.45. The summed E-state index contributed by atoms with van der Waals surface area (Å²) >= 11 is 0. The second-order valence-corrected chi connectivity index (χ2v) is 3.53. The molecular weight excluding hydrogens is 295 g/mol. The van der Waals surface area contributed by atoms with Gasteiger partial charge in [0.15, 0.2) is 5.83 Å². The molecule has 0 bridgehead atoms. The molecular formula is C9H5F9O. The molecule has 0 fully saturated rings. The van der Waals surface area contributed by atoms with E-state index in [0.717, 1.165) is 0 Å². The molecule has 0 aliphatic heterocycles. The van der Waals surface area contributed by atoms with E-state index in [1.165, 1.54) is 0 Å². The van der Waals surface area contributed by atoms with Crippen molar-refractivity contribution >= 4 is 0 Å². The standard InChI is InChI=1S/C9H5F9O/c1-2-3-19-8(15)4(5(10)7(8,13)14)6(11,12)9(16,17)18/h2H,1,3H2. The van der Waals surface area contributed by atoms with Gasteiger partial charge in [-0.3, -0.25) is 0 Å². The van der Waals surface area contributed by atoms with E-state index in [1.807, 2.05) is 0 Å². The SMILES string of the molecule is C=CCOC1(F)C(C(F)(F)C(F)(F)F)=C(F)C1(F)F. The Bertz CT molecular complexity index is 422. The van der Waals surface area contributed by atoms with Crippen molar-refractivity contribution in [1.29, 1.82) is 0 Å². The van der Waals surface area contributed by atoms with Crippen LogP contribution in [0.2, 0.25) is 0 Å². The highest BCUT2D eigenvalue weighted by Gasteiger charge is 2.82. The fourth-order valence-electron chi connectivity index (χ4n) is 1.35. The van der Waals surface area contributed by atoms with Crippen LogP contribution in [0.15, 0.2) is 24.1 Å². The van der Waals surface area contributed by atoms with Gasteiger partial charge >= 0.3 is 23.9 Å². The molecule has 1 nitrogen and oxygen atoms in total. The Balaban J connectivity index is 3.33. The average molecular weight is 300 g/mol. The van der Waals surface area contributed by atoms with Gasteiger partial charge in [-0.05, 0) is 0 Å². The van der Waals surface area contributed by atoms with Gasteiger partial charge in [-0.1, -0.05) is 6.08 Å². The van der Waals surface area contributed by atoms with Crippen molar-refractivity contribution in [2.75, 3.05) is 6.61 Å². The number of halogens is 9. The lowest BCUT2D eigenvalue weighted by Crippen LogP contribution is -2.64. The van der Waals surface area contributed by atoms with Crippen LogP contribution in [0.25, 0.3) is 0 Å². The maximum atomic E-state index is 13.5. The van der Waals surface area contributed by atoms with Crippen LogP contribution < -0.4 is 0 Å². The average Bonchev–Trinajstić information content (AvgIpc) is 2.24. The number of ether oxygens (including phenoxy) is 1. The van der Waals surface area contributed by atoms with Crippen LogP contribution in [0.3, 0.4) is 0 Å². The summed E-state index contributed by atoms with van der Waals surface area (Å²) in [6, 6.07) is 0. The van der Waals surface area contributed by atoms with Crippen LogP contribution in [0.1, 0.15) is 0 Å². The Hall–Kier alpha value is -1.19. The first-order valence-electron chi connectivity index (χ1n) is 4.51. The molecule has 110 valence electrons. The van der Waals surface area contributed by atoms with E-state index in [-0.39, 0.29) is 0 Å². The molecule has 10 heteroatoms. The molecule has 0 saturated carbocycles. The normalized spacial score (nSPS) is 27.2. The first kappa shape index (κ1) is 15.9. The number of rotatable bonds is 4. The van der Waals surface area contributed by atoms with Gasteiger partial charge in [-0.15, -0.1) is 6.58 Å². The molecule has 0 heterocycles. The molecule has 0 saturated heterocycles. The Kier molecular flexibility index (Phi) is 3.47. The van der Waals surface area contributed by atoms with Crippen LogP contribution >= 0.6 is 0 Å². The van der Waals surface area contributed by atoms with Crippen molar-refractivity contribution in [1.82, 2.24) is 0 Å². The maximum Gasteiger partial charge on any atom is 0.458 e. The molecule has 0 aromatic rings. The van der Waals surface area contributed by atoms with Crippen LogP contribution in [0.4, 0.5) is 39.5 Å². The summed E-state index contributed by atoms with van der Waals surface area (Å²) in [6.45, 7) is 1.75. The van der Waals surface area contributed by atoms with E-state index in [9.17, 15) is 39.5 Å². The molecule has 0 spiro atoms. The van der Waals surface area contributed by atoms with E-state index in [4.69, 9.17) is 0 Å². The van der Waals surface area contributed by atoms with E-state index >= 15 is 0 Å². The molecule has 0 aromatic carbocycles. The topological polar surface area (TPSA) is 9.23 Å². The summed E-state index contributed by atoms with van der Waals surface area (Å²) < 4.78 is 117. The van der Waals surface area contributed by atoms with Gasteiger partial charge in [0, 0.05) is 0 Å². The summed E-state index contributed by atoms with van der Waals surface area (Å²) in [5, 5.41) is 0. The Morgan fingerprint density at radius 3 is 1.95 bits per heavy atom. The summed E-state index contributed by atoms with van der Waals surface area (Å²) in [4.78, 5) is 0. The fraction of sp³-hybridized carbons (Fsp3) is 0.556. The molecule has 1 rings (SSSR count). The Morgan fingerprint density at radius 1 is 1.11 bits per heavy atom. The van der Waals surface area contributed by atoms with E-state index in [0.29, 0.717) is 6.08 Å².